The Morgan fingerprint density at radius 3 is 2.62 bits per heavy atom. The Hall–Kier alpha value is -1.33. The van der Waals surface area contributed by atoms with Gasteiger partial charge in [0.2, 0.25) is 0 Å². The molecule has 2 rings (SSSR count). The molecule has 0 radical (unpaired) electrons. The Labute approximate surface area is 95.2 Å². The van der Waals surface area contributed by atoms with Crippen LogP contribution in [0, 0.1) is 18.6 Å². The molecule has 16 heavy (non-hydrogen) atoms. The number of halogens is 2. The molecular formula is C11H9F2NOS. The number of rotatable bonds is 2. The van der Waals surface area contributed by atoms with E-state index in [1.54, 1.807) is 0 Å². The second kappa shape index (κ2) is 4.27. The van der Waals surface area contributed by atoms with Crippen LogP contribution in [-0.2, 0) is 6.61 Å². The summed E-state index contributed by atoms with van der Waals surface area (Å²) in [4.78, 5) is 5.03. The molecule has 0 aliphatic heterocycles. The molecule has 0 aliphatic carbocycles. The number of hydrogen-bond acceptors (Lipinski definition) is 3. The summed E-state index contributed by atoms with van der Waals surface area (Å²) in [6, 6.07) is 3.65. The highest BCUT2D eigenvalue weighted by Crippen LogP contribution is 2.28. The number of aliphatic hydroxyl groups is 1. The average Bonchev–Trinajstić information content (AvgIpc) is 2.64. The SMILES string of the molecule is Cc1sc(-c2ccc(F)c(F)c2)nc1CO. The van der Waals surface area contributed by atoms with Gasteiger partial charge in [0, 0.05) is 10.4 Å². The molecule has 0 aliphatic rings. The summed E-state index contributed by atoms with van der Waals surface area (Å²) in [6.07, 6.45) is 0. The van der Waals surface area contributed by atoms with Crippen molar-refractivity contribution < 1.29 is 13.9 Å². The van der Waals surface area contributed by atoms with Crippen molar-refractivity contribution in [3.8, 4) is 10.6 Å². The third kappa shape index (κ3) is 1.96. The second-order valence-electron chi connectivity index (χ2n) is 3.31. The van der Waals surface area contributed by atoms with Crippen molar-refractivity contribution in [1.82, 2.24) is 4.98 Å². The van der Waals surface area contributed by atoms with Crippen molar-refractivity contribution >= 4 is 11.3 Å². The lowest BCUT2D eigenvalue weighted by molar-refractivity contribution is 0.277. The van der Waals surface area contributed by atoms with Gasteiger partial charge in [0.15, 0.2) is 11.6 Å². The van der Waals surface area contributed by atoms with Crippen LogP contribution in [0.5, 0.6) is 0 Å². The van der Waals surface area contributed by atoms with Crippen LogP contribution in [-0.4, -0.2) is 10.1 Å². The number of hydrogen-bond donors (Lipinski definition) is 1. The number of aromatic nitrogens is 1. The fourth-order valence-electron chi connectivity index (χ4n) is 1.33. The quantitative estimate of drug-likeness (QED) is 0.877. The molecule has 0 spiro atoms. The summed E-state index contributed by atoms with van der Waals surface area (Å²) in [7, 11) is 0. The fourth-order valence-corrected chi connectivity index (χ4v) is 2.25. The maximum absolute atomic E-state index is 13.0. The van der Waals surface area contributed by atoms with Gasteiger partial charge in [0.1, 0.15) is 5.01 Å². The fraction of sp³-hybridized carbons (Fsp3) is 0.182. The van der Waals surface area contributed by atoms with E-state index in [4.69, 9.17) is 5.11 Å². The first-order valence-corrected chi connectivity index (χ1v) is 5.46. The zero-order chi connectivity index (χ0) is 11.7. The highest BCUT2D eigenvalue weighted by molar-refractivity contribution is 7.15. The molecule has 5 heteroatoms. The monoisotopic (exact) mass is 241 g/mol. The lowest BCUT2D eigenvalue weighted by Crippen LogP contribution is -1.87. The first-order valence-electron chi connectivity index (χ1n) is 4.64. The van der Waals surface area contributed by atoms with Crippen molar-refractivity contribution in [2.45, 2.75) is 13.5 Å². The number of thiazole rings is 1. The minimum Gasteiger partial charge on any atom is -0.390 e. The van der Waals surface area contributed by atoms with E-state index < -0.39 is 11.6 Å². The summed E-state index contributed by atoms with van der Waals surface area (Å²) in [5.41, 5.74) is 1.09. The van der Waals surface area contributed by atoms with Crippen LogP contribution in [0.3, 0.4) is 0 Å². The van der Waals surface area contributed by atoms with E-state index in [1.807, 2.05) is 6.92 Å². The van der Waals surface area contributed by atoms with Crippen LogP contribution >= 0.6 is 11.3 Å². The molecule has 2 nitrogen and oxygen atoms in total. The zero-order valence-corrected chi connectivity index (χ0v) is 9.31. The Morgan fingerprint density at radius 1 is 1.31 bits per heavy atom. The normalized spacial score (nSPS) is 10.8. The van der Waals surface area contributed by atoms with Gasteiger partial charge in [-0.3, -0.25) is 0 Å². The molecule has 84 valence electrons. The number of nitrogens with zero attached hydrogens (tertiary/aromatic N) is 1. The van der Waals surface area contributed by atoms with Gasteiger partial charge in [-0.25, -0.2) is 13.8 Å². The van der Waals surface area contributed by atoms with Gasteiger partial charge < -0.3 is 5.11 Å². The van der Waals surface area contributed by atoms with Crippen molar-refractivity contribution in [2.75, 3.05) is 0 Å². The molecule has 0 saturated heterocycles. The van der Waals surface area contributed by atoms with Gasteiger partial charge in [-0.05, 0) is 25.1 Å². The standard InChI is InChI=1S/C11H9F2NOS/c1-6-10(5-15)14-11(16-6)7-2-3-8(12)9(13)4-7/h2-4,15H,5H2,1H3. The molecule has 0 atom stereocenters. The van der Waals surface area contributed by atoms with E-state index in [9.17, 15) is 8.78 Å². The van der Waals surface area contributed by atoms with Crippen LogP contribution < -0.4 is 0 Å². The van der Waals surface area contributed by atoms with Crippen molar-refractivity contribution in [1.29, 1.82) is 0 Å². The Kier molecular flexibility index (Phi) is 2.98. The maximum atomic E-state index is 13.0. The lowest BCUT2D eigenvalue weighted by atomic mass is 10.2. The van der Waals surface area contributed by atoms with Crippen LogP contribution in [0.2, 0.25) is 0 Å². The van der Waals surface area contributed by atoms with Crippen LogP contribution in [0.1, 0.15) is 10.6 Å². The second-order valence-corrected chi connectivity index (χ2v) is 4.51. The molecule has 1 aromatic heterocycles. The predicted octanol–water partition coefficient (Wildman–Crippen LogP) is 2.89. The van der Waals surface area contributed by atoms with E-state index in [-0.39, 0.29) is 6.61 Å². The molecule has 1 N–H and O–H groups in total. The van der Waals surface area contributed by atoms with Crippen LogP contribution in [0.4, 0.5) is 8.78 Å². The zero-order valence-electron chi connectivity index (χ0n) is 8.50. The smallest absolute Gasteiger partial charge is 0.159 e. The summed E-state index contributed by atoms with van der Waals surface area (Å²) in [5.74, 6) is -1.77. The number of aliphatic hydroxyl groups excluding tert-OH is 1. The largest absolute Gasteiger partial charge is 0.390 e. The highest BCUT2D eigenvalue weighted by atomic mass is 32.1. The van der Waals surface area contributed by atoms with Crippen molar-refractivity contribution in [3.63, 3.8) is 0 Å². The van der Waals surface area contributed by atoms with Crippen molar-refractivity contribution in [2.24, 2.45) is 0 Å². The Morgan fingerprint density at radius 2 is 2.06 bits per heavy atom. The summed E-state index contributed by atoms with van der Waals surface area (Å²) in [5, 5.41) is 9.57. The van der Waals surface area contributed by atoms with Gasteiger partial charge in [0.25, 0.3) is 0 Å². The molecule has 1 aromatic carbocycles. The van der Waals surface area contributed by atoms with Gasteiger partial charge >= 0.3 is 0 Å². The first-order chi connectivity index (χ1) is 7.61. The molecule has 0 amide bonds. The van der Waals surface area contributed by atoms with E-state index in [2.05, 4.69) is 4.98 Å². The molecule has 0 fully saturated rings. The van der Waals surface area contributed by atoms with Crippen molar-refractivity contribution in [3.05, 3.63) is 40.4 Å². The Balaban J connectivity index is 2.46. The predicted molar refractivity (Wildman–Crippen MR) is 58.1 cm³/mol. The molecule has 0 unspecified atom stereocenters. The summed E-state index contributed by atoms with van der Waals surface area (Å²) < 4.78 is 25.7. The molecular weight excluding hydrogens is 232 g/mol. The third-order valence-corrected chi connectivity index (χ3v) is 3.27. The van der Waals surface area contributed by atoms with Gasteiger partial charge in [-0.2, -0.15) is 0 Å². The topological polar surface area (TPSA) is 33.1 Å². The number of aryl methyl sites for hydroxylation is 1. The van der Waals surface area contributed by atoms with E-state index in [0.717, 1.165) is 17.0 Å². The maximum Gasteiger partial charge on any atom is 0.159 e. The molecule has 0 bridgehead atoms. The molecule has 0 saturated carbocycles. The van der Waals surface area contributed by atoms with Gasteiger partial charge in [0.05, 0.1) is 12.3 Å². The van der Waals surface area contributed by atoms with E-state index in [0.29, 0.717) is 16.3 Å². The summed E-state index contributed by atoms with van der Waals surface area (Å²) in [6.45, 7) is 1.68. The molecule has 2 aromatic rings. The van der Waals surface area contributed by atoms with Crippen LogP contribution in [0.15, 0.2) is 18.2 Å². The van der Waals surface area contributed by atoms with E-state index in [1.165, 1.54) is 17.4 Å². The minimum absolute atomic E-state index is 0.147. The highest BCUT2D eigenvalue weighted by Gasteiger charge is 2.10. The third-order valence-electron chi connectivity index (χ3n) is 2.21. The average molecular weight is 241 g/mol. The van der Waals surface area contributed by atoms with Gasteiger partial charge in [-0.1, -0.05) is 0 Å². The minimum atomic E-state index is -0.893. The Bertz CT molecular complexity index is 525. The van der Waals surface area contributed by atoms with Crippen LogP contribution in [0.25, 0.3) is 10.6 Å². The first kappa shape index (κ1) is 11.2. The molecule has 1 heterocycles. The lowest BCUT2D eigenvalue weighted by Gasteiger charge is -1.97. The van der Waals surface area contributed by atoms with Gasteiger partial charge in [-0.15, -0.1) is 11.3 Å². The number of benzene rings is 1. The summed E-state index contributed by atoms with van der Waals surface area (Å²) >= 11 is 1.35. The van der Waals surface area contributed by atoms with E-state index >= 15 is 0 Å².